The zero-order valence-electron chi connectivity index (χ0n) is 10.1. The van der Waals surface area contributed by atoms with Crippen molar-refractivity contribution in [2.75, 3.05) is 18.8 Å². The highest BCUT2D eigenvalue weighted by atomic mass is 79.9. The Kier molecular flexibility index (Phi) is 4.15. The van der Waals surface area contributed by atoms with Crippen molar-refractivity contribution in [3.63, 3.8) is 0 Å². The van der Waals surface area contributed by atoms with Crippen molar-refractivity contribution >= 4 is 33.6 Å². The molecule has 1 aromatic carbocycles. The van der Waals surface area contributed by atoms with Gasteiger partial charge in [-0.25, -0.2) is 0 Å². The van der Waals surface area contributed by atoms with Crippen molar-refractivity contribution < 1.29 is 4.79 Å². The Balaban J connectivity index is 2.15. The number of rotatable bonds is 1. The maximum Gasteiger partial charge on any atom is 0.253 e. The second-order valence-corrected chi connectivity index (χ2v) is 6.80. The van der Waals surface area contributed by atoms with Crippen LogP contribution in [-0.4, -0.2) is 34.9 Å². The first-order valence-corrected chi connectivity index (χ1v) is 7.59. The summed E-state index contributed by atoms with van der Waals surface area (Å²) in [5, 5.41) is 0.543. The van der Waals surface area contributed by atoms with E-state index >= 15 is 0 Å². The third-order valence-corrected chi connectivity index (χ3v) is 4.94. The Bertz CT molecular complexity index is 435. The molecule has 92 valence electrons. The van der Waals surface area contributed by atoms with Crippen molar-refractivity contribution in [1.29, 1.82) is 0 Å². The van der Waals surface area contributed by atoms with Gasteiger partial charge >= 0.3 is 0 Å². The summed E-state index contributed by atoms with van der Waals surface area (Å²) in [6, 6.07) is 5.82. The summed E-state index contributed by atoms with van der Waals surface area (Å²) >= 11 is 5.41. The highest BCUT2D eigenvalue weighted by Crippen LogP contribution is 2.22. The Morgan fingerprint density at radius 3 is 2.94 bits per heavy atom. The van der Waals surface area contributed by atoms with E-state index in [2.05, 4.69) is 22.9 Å². The zero-order chi connectivity index (χ0) is 12.4. The second kappa shape index (κ2) is 5.44. The number of hydrogen-bond donors (Lipinski definition) is 0. The van der Waals surface area contributed by atoms with Gasteiger partial charge in [0, 0.05) is 34.1 Å². The number of aryl methyl sites for hydroxylation is 1. The third kappa shape index (κ3) is 3.05. The van der Waals surface area contributed by atoms with Crippen LogP contribution in [0, 0.1) is 6.92 Å². The number of carbonyl (C=O) groups excluding carboxylic acids is 1. The minimum atomic E-state index is 0.151. The first-order valence-electron chi connectivity index (χ1n) is 5.75. The number of benzene rings is 1. The van der Waals surface area contributed by atoms with Crippen molar-refractivity contribution in [3.05, 3.63) is 33.8 Å². The molecule has 1 amide bonds. The highest BCUT2D eigenvalue weighted by Gasteiger charge is 2.22. The Morgan fingerprint density at radius 2 is 2.29 bits per heavy atom. The van der Waals surface area contributed by atoms with Crippen LogP contribution in [0.5, 0.6) is 0 Å². The molecule has 0 spiro atoms. The summed E-state index contributed by atoms with van der Waals surface area (Å²) in [6.45, 7) is 5.92. The summed E-state index contributed by atoms with van der Waals surface area (Å²) in [4.78, 5) is 14.3. The second-order valence-electron chi connectivity index (χ2n) is 4.40. The summed E-state index contributed by atoms with van der Waals surface area (Å²) in [7, 11) is 0. The van der Waals surface area contributed by atoms with Gasteiger partial charge in [0.2, 0.25) is 0 Å². The predicted molar refractivity (Wildman–Crippen MR) is 76.7 cm³/mol. The number of thioether (sulfide) groups is 1. The monoisotopic (exact) mass is 313 g/mol. The van der Waals surface area contributed by atoms with Gasteiger partial charge in [-0.3, -0.25) is 4.79 Å². The highest BCUT2D eigenvalue weighted by molar-refractivity contribution is 9.10. The largest absolute Gasteiger partial charge is 0.337 e. The van der Waals surface area contributed by atoms with E-state index < -0.39 is 0 Å². The van der Waals surface area contributed by atoms with Gasteiger partial charge in [-0.15, -0.1) is 0 Å². The zero-order valence-corrected chi connectivity index (χ0v) is 12.5. The van der Waals surface area contributed by atoms with Gasteiger partial charge in [0.15, 0.2) is 0 Å². The SMILES string of the molecule is Cc1ccc(C(=O)N2CCSC(C)C2)cc1Br. The molecule has 2 rings (SSSR count). The molecule has 1 saturated heterocycles. The smallest absolute Gasteiger partial charge is 0.253 e. The van der Waals surface area contributed by atoms with Crippen LogP contribution in [0.15, 0.2) is 22.7 Å². The molecule has 0 N–H and O–H groups in total. The number of amides is 1. The molecule has 0 saturated carbocycles. The molecule has 0 aromatic heterocycles. The van der Waals surface area contributed by atoms with E-state index in [1.165, 1.54) is 0 Å². The first kappa shape index (κ1) is 13.0. The van der Waals surface area contributed by atoms with Crippen LogP contribution in [0.25, 0.3) is 0 Å². The standard InChI is InChI=1S/C13H16BrNOS/c1-9-3-4-11(7-12(9)14)13(16)15-5-6-17-10(2)8-15/h3-4,7,10H,5-6,8H2,1-2H3. The average molecular weight is 314 g/mol. The molecule has 2 nitrogen and oxygen atoms in total. The number of hydrogen-bond acceptors (Lipinski definition) is 2. The minimum absolute atomic E-state index is 0.151. The van der Waals surface area contributed by atoms with E-state index in [9.17, 15) is 4.79 Å². The molecule has 0 bridgehead atoms. The molecule has 17 heavy (non-hydrogen) atoms. The van der Waals surface area contributed by atoms with E-state index in [1.54, 1.807) is 0 Å². The minimum Gasteiger partial charge on any atom is -0.337 e. The van der Waals surface area contributed by atoms with Gasteiger partial charge in [0.1, 0.15) is 0 Å². The molecule has 1 fully saturated rings. The fraction of sp³-hybridized carbons (Fsp3) is 0.462. The Hall–Kier alpha value is -0.480. The molecule has 1 aromatic rings. The summed E-state index contributed by atoms with van der Waals surface area (Å²) in [6.07, 6.45) is 0. The lowest BCUT2D eigenvalue weighted by molar-refractivity contribution is 0.0763. The van der Waals surface area contributed by atoms with Gasteiger partial charge in [0.05, 0.1) is 0 Å². The molecule has 1 aliphatic rings. The van der Waals surface area contributed by atoms with Gasteiger partial charge in [-0.05, 0) is 24.6 Å². The van der Waals surface area contributed by atoms with Gasteiger partial charge < -0.3 is 4.90 Å². The fourth-order valence-electron chi connectivity index (χ4n) is 1.91. The van der Waals surface area contributed by atoms with Crippen molar-refractivity contribution in [1.82, 2.24) is 4.90 Å². The van der Waals surface area contributed by atoms with Crippen molar-refractivity contribution in [2.24, 2.45) is 0 Å². The molecule has 4 heteroatoms. The lowest BCUT2D eigenvalue weighted by Crippen LogP contribution is -2.41. The summed E-state index contributed by atoms with van der Waals surface area (Å²) < 4.78 is 1.00. The normalized spacial score (nSPS) is 20.4. The Morgan fingerprint density at radius 1 is 1.53 bits per heavy atom. The third-order valence-electron chi connectivity index (χ3n) is 2.95. The van der Waals surface area contributed by atoms with Crippen LogP contribution in [0.2, 0.25) is 0 Å². The van der Waals surface area contributed by atoms with E-state index in [-0.39, 0.29) is 5.91 Å². The van der Waals surface area contributed by atoms with E-state index in [4.69, 9.17) is 0 Å². The average Bonchev–Trinajstić information content (AvgIpc) is 2.32. The number of carbonyl (C=O) groups is 1. The molecular formula is C13H16BrNOS. The maximum absolute atomic E-state index is 12.3. The van der Waals surface area contributed by atoms with Gasteiger partial charge in [-0.2, -0.15) is 11.8 Å². The molecule has 1 atom stereocenters. The summed E-state index contributed by atoms with van der Waals surface area (Å²) in [5.74, 6) is 1.19. The molecule has 0 radical (unpaired) electrons. The van der Waals surface area contributed by atoms with Gasteiger partial charge in [-0.1, -0.05) is 28.9 Å². The first-order chi connectivity index (χ1) is 8.08. The quantitative estimate of drug-likeness (QED) is 0.792. The van der Waals surface area contributed by atoms with Crippen LogP contribution in [0.4, 0.5) is 0 Å². The predicted octanol–water partition coefficient (Wildman–Crippen LogP) is 3.34. The molecule has 1 unspecified atom stereocenters. The van der Waals surface area contributed by atoms with E-state index in [1.807, 2.05) is 41.8 Å². The van der Waals surface area contributed by atoms with Crippen LogP contribution in [0.3, 0.4) is 0 Å². The van der Waals surface area contributed by atoms with Crippen LogP contribution < -0.4 is 0 Å². The van der Waals surface area contributed by atoms with E-state index in [0.717, 1.165) is 34.4 Å². The molecule has 1 aliphatic heterocycles. The molecular weight excluding hydrogens is 298 g/mol. The lowest BCUT2D eigenvalue weighted by Gasteiger charge is -2.30. The van der Waals surface area contributed by atoms with Crippen molar-refractivity contribution in [3.8, 4) is 0 Å². The van der Waals surface area contributed by atoms with Crippen LogP contribution in [-0.2, 0) is 0 Å². The Labute approximate surface area is 115 Å². The fourth-order valence-corrected chi connectivity index (χ4v) is 3.30. The van der Waals surface area contributed by atoms with Crippen LogP contribution >= 0.6 is 27.7 Å². The number of nitrogens with zero attached hydrogens (tertiary/aromatic N) is 1. The van der Waals surface area contributed by atoms with E-state index in [0.29, 0.717) is 5.25 Å². The van der Waals surface area contributed by atoms with Crippen LogP contribution in [0.1, 0.15) is 22.8 Å². The summed E-state index contributed by atoms with van der Waals surface area (Å²) in [5.41, 5.74) is 1.94. The molecule has 0 aliphatic carbocycles. The number of halogens is 1. The maximum atomic E-state index is 12.3. The lowest BCUT2D eigenvalue weighted by atomic mass is 10.1. The van der Waals surface area contributed by atoms with Crippen molar-refractivity contribution in [2.45, 2.75) is 19.1 Å². The molecule has 1 heterocycles. The van der Waals surface area contributed by atoms with Gasteiger partial charge in [0.25, 0.3) is 5.91 Å². The topological polar surface area (TPSA) is 20.3 Å².